The van der Waals surface area contributed by atoms with Crippen molar-refractivity contribution < 1.29 is 19.4 Å². The number of carboxylic acid groups (broad SMARTS) is 1. The van der Waals surface area contributed by atoms with Gasteiger partial charge in [-0.3, -0.25) is 0 Å². The first-order valence-corrected chi connectivity index (χ1v) is 6.16. The van der Waals surface area contributed by atoms with Crippen LogP contribution >= 0.6 is 0 Å². The molecule has 0 radical (unpaired) electrons. The lowest BCUT2D eigenvalue weighted by Gasteiger charge is -2.22. The number of rotatable bonds is 7. The molecule has 16 heavy (non-hydrogen) atoms. The zero-order chi connectivity index (χ0) is 11.8. The van der Waals surface area contributed by atoms with Crippen molar-refractivity contribution in [2.45, 2.75) is 45.1 Å². The van der Waals surface area contributed by atoms with Crippen molar-refractivity contribution in [2.75, 3.05) is 19.8 Å². The molecule has 1 atom stereocenters. The summed E-state index contributed by atoms with van der Waals surface area (Å²) >= 11 is 0. The van der Waals surface area contributed by atoms with E-state index in [9.17, 15) is 4.79 Å². The van der Waals surface area contributed by atoms with Crippen molar-refractivity contribution in [3.05, 3.63) is 0 Å². The molecule has 1 aliphatic carbocycles. The highest BCUT2D eigenvalue weighted by molar-refractivity contribution is 5.72. The van der Waals surface area contributed by atoms with Gasteiger partial charge in [-0.1, -0.05) is 19.3 Å². The minimum absolute atomic E-state index is 0.166. The molecule has 0 aromatic rings. The van der Waals surface area contributed by atoms with E-state index in [-0.39, 0.29) is 6.61 Å². The van der Waals surface area contributed by atoms with Crippen molar-refractivity contribution in [1.29, 1.82) is 0 Å². The Kier molecular flexibility index (Phi) is 6.42. The topological polar surface area (TPSA) is 55.8 Å². The first-order valence-electron chi connectivity index (χ1n) is 6.16. The van der Waals surface area contributed by atoms with Gasteiger partial charge in [0.25, 0.3) is 0 Å². The van der Waals surface area contributed by atoms with Gasteiger partial charge in [-0.2, -0.15) is 0 Å². The van der Waals surface area contributed by atoms with Gasteiger partial charge < -0.3 is 14.6 Å². The van der Waals surface area contributed by atoms with E-state index in [0.717, 1.165) is 0 Å². The summed E-state index contributed by atoms with van der Waals surface area (Å²) in [5.74, 6) is -0.324. The van der Waals surface area contributed by atoms with Crippen LogP contribution in [0, 0.1) is 5.92 Å². The largest absolute Gasteiger partial charge is 0.479 e. The number of aliphatic carboxylic acids is 1. The third-order valence-corrected chi connectivity index (χ3v) is 2.99. The molecule has 1 unspecified atom stereocenters. The molecule has 1 rings (SSSR count). The number of carboxylic acids is 1. The van der Waals surface area contributed by atoms with Crippen LogP contribution in [0.1, 0.15) is 39.0 Å². The fourth-order valence-corrected chi connectivity index (χ4v) is 2.09. The van der Waals surface area contributed by atoms with Crippen LogP contribution in [0.3, 0.4) is 0 Å². The highest BCUT2D eigenvalue weighted by Crippen LogP contribution is 2.23. The summed E-state index contributed by atoms with van der Waals surface area (Å²) in [6.07, 6.45) is 5.50. The molecule has 94 valence electrons. The van der Waals surface area contributed by atoms with Crippen LogP contribution in [-0.2, 0) is 14.3 Å². The highest BCUT2D eigenvalue weighted by atomic mass is 16.5. The van der Waals surface area contributed by atoms with E-state index in [1.54, 1.807) is 6.92 Å². The minimum Gasteiger partial charge on any atom is -0.479 e. The second-order valence-corrected chi connectivity index (χ2v) is 4.32. The van der Waals surface area contributed by atoms with Gasteiger partial charge in [0.15, 0.2) is 6.10 Å². The Bertz CT molecular complexity index is 199. The van der Waals surface area contributed by atoms with Gasteiger partial charge in [0, 0.05) is 13.2 Å². The van der Waals surface area contributed by atoms with Crippen molar-refractivity contribution in [3.8, 4) is 0 Å². The molecule has 0 spiro atoms. The summed E-state index contributed by atoms with van der Waals surface area (Å²) in [6, 6.07) is 0. The average molecular weight is 230 g/mol. The maximum absolute atomic E-state index is 10.8. The Morgan fingerprint density at radius 1 is 1.38 bits per heavy atom. The molecule has 4 nitrogen and oxygen atoms in total. The molecular weight excluding hydrogens is 208 g/mol. The fourth-order valence-electron chi connectivity index (χ4n) is 2.09. The van der Waals surface area contributed by atoms with Crippen LogP contribution in [0.4, 0.5) is 0 Å². The van der Waals surface area contributed by atoms with Gasteiger partial charge >= 0.3 is 5.97 Å². The molecule has 0 aromatic carbocycles. The lowest BCUT2D eigenvalue weighted by molar-refractivity contribution is -0.154. The summed E-state index contributed by atoms with van der Waals surface area (Å²) in [7, 11) is 0. The van der Waals surface area contributed by atoms with Crippen molar-refractivity contribution in [2.24, 2.45) is 5.92 Å². The van der Waals surface area contributed by atoms with E-state index in [1.165, 1.54) is 32.1 Å². The third-order valence-electron chi connectivity index (χ3n) is 2.99. The first-order chi connectivity index (χ1) is 7.74. The Morgan fingerprint density at radius 3 is 2.62 bits per heavy atom. The lowest BCUT2D eigenvalue weighted by atomic mass is 9.90. The van der Waals surface area contributed by atoms with E-state index in [0.29, 0.717) is 19.1 Å². The smallest absolute Gasteiger partial charge is 0.335 e. The molecule has 1 saturated carbocycles. The van der Waals surface area contributed by atoms with Gasteiger partial charge in [-0.05, 0) is 25.7 Å². The maximum Gasteiger partial charge on any atom is 0.335 e. The lowest BCUT2D eigenvalue weighted by Crippen LogP contribution is -2.30. The first kappa shape index (κ1) is 13.5. The Labute approximate surface area is 96.9 Å². The van der Waals surface area contributed by atoms with Crippen LogP contribution in [0.25, 0.3) is 0 Å². The summed E-state index contributed by atoms with van der Waals surface area (Å²) in [5, 5.41) is 8.84. The number of ether oxygens (including phenoxy) is 2. The van der Waals surface area contributed by atoms with E-state index in [1.807, 2.05) is 0 Å². The molecule has 0 heterocycles. The monoisotopic (exact) mass is 230 g/mol. The van der Waals surface area contributed by atoms with Crippen molar-refractivity contribution >= 4 is 5.97 Å². The Balaban J connectivity index is 2.13. The number of hydrogen-bond donors (Lipinski definition) is 1. The Morgan fingerprint density at radius 2 is 2.06 bits per heavy atom. The average Bonchev–Trinajstić information content (AvgIpc) is 2.29. The van der Waals surface area contributed by atoms with E-state index >= 15 is 0 Å². The molecule has 1 N–H and O–H groups in total. The third kappa shape index (κ3) is 4.94. The van der Waals surface area contributed by atoms with E-state index < -0.39 is 12.1 Å². The molecule has 0 aromatic heterocycles. The van der Waals surface area contributed by atoms with Crippen LogP contribution in [-0.4, -0.2) is 37.0 Å². The van der Waals surface area contributed by atoms with Gasteiger partial charge in [-0.25, -0.2) is 4.79 Å². The summed E-state index contributed by atoms with van der Waals surface area (Å²) < 4.78 is 10.5. The number of hydrogen-bond acceptors (Lipinski definition) is 3. The fraction of sp³-hybridized carbons (Fsp3) is 0.917. The maximum atomic E-state index is 10.8. The molecule has 1 aliphatic rings. The van der Waals surface area contributed by atoms with Gasteiger partial charge in [-0.15, -0.1) is 0 Å². The normalized spacial score (nSPS) is 19.6. The van der Waals surface area contributed by atoms with Gasteiger partial charge in [0.1, 0.15) is 0 Å². The molecular formula is C12H22O4. The van der Waals surface area contributed by atoms with Crippen LogP contribution in [0.5, 0.6) is 0 Å². The van der Waals surface area contributed by atoms with Crippen molar-refractivity contribution in [1.82, 2.24) is 0 Å². The predicted octanol–water partition coefficient (Wildman–Crippen LogP) is 2.07. The summed E-state index contributed by atoms with van der Waals surface area (Å²) in [4.78, 5) is 10.8. The molecule has 0 amide bonds. The zero-order valence-corrected chi connectivity index (χ0v) is 9.98. The van der Waals surface area contributed by atoms with Gasteiger partial charge in [0.2, 0.25) is 0 Å². The standard InChI is InChI=1S/C12H22O4/c1-2-16-11(12(13)14)9-15-8-10-6-4-3-5-7-10/h10-11H,2-9H2,1H3,(H,13,14). The van der Waals surface area contributed by atoms with Crippen LogP contribution < -0.4 is 0 Å². The second-order valence-electron chi connectivity index (χ2n) is 4.32. The molecule has 1 fully saturated rings. The van der Waals surface area contributed by atoms with E-state index in [2.05, 4.69) is 0 Å². The Hall–Kier alpha value is -0.610. The minimum atomic E-state index is -0.939. The summed E-state index contributed by atoms with van der Waals surface area (Å²) in [6.45, 7) is 3.04. The quantitative estimate of drug-likeness (QED) is 0.727. The highest BCUT2D eigenvalue weighted by Gasteiger charge is 2.19. The second kappa shape index (κ2) is 7.63. The predicted molar refractivity (Wildman–Crippen MR) is 60.4 cm³/mol. The summed E-state index contributed by atoms with van der Waals surface area (Å²) in [5.41, 5.74) is 0. The molecule has 4 heteroatoms. The molecule has 0 aliphatic heterocycles. The zero-order valence-electron chi connectivity index (χ0n) is 9.98. The van der Waals surface area contributed by atoms with Crippen LogP contribution in [0.2, 0.25) is 0 Å². The van der Waals surface area contributed by atoms with E-state index in [4.69, 9.17) is 14.6 Å². The van der Waals surface area contributed by atoms with Gasteiger partial charge in [0.05, 0.1) is 6.61 Å². The molecule has 0 saturated heterocycles. The number of carbonyl (C=O) groups is 1. The SMILES string of the molecule is CCOC(COCC1CCCCC1)C(=O)O. The van der Waals surface area contributed by atoms with Crippen LogP contribution in [0.15, 0.2) is 0 Å². The van der Waals surface area contributed by atoms with Crippen molar-refractivity contribution in [3.63, 3.8) is 0 Å². The molecule has 0 bridgehead atoms.